The molecule has 0 heterocycles. The summed E-state index contributed by atoms with van der Waals surface area (Å²) in [5.41, 5.74) is 2.51. The standard InChI is InChI=1S/C12H16O/c1-9-4-6-12(7-5-9)8-10(2)11(3)13/h4-7,10,13H,3,8H2,1-2H3/t10-/m0/s1. The highest BCUT2D eigenvalue weighted by atomic mass is 16.3. The number of allylic oxidation sites excluding steroid dienone is 1. The van der Waals surface area contributed by atoms with E-state index in [2.05, 4.69) is 37.8 Å². The van der Waals surface area contributed by atoms with Crippen LogP contribution in [-0.4, -0.2) is 5.11 Å². The van der Waals surface area contributed by atoms with Crippen LogP contribution < -0.4 is 0 Å². The lowest BCUT2D eigenvalue weighted by molar-refractivity contribution is 0.342. The number of aliphatic hydroxyl groups is 1. The van der Waals surface area contributed by atoms with Crippen molar-refractivity contribution in [3.05, 3.63) is 47.7 Å². The highest BCUT2D eigenvalue weighted by Crippen LogP contribution is 2.13. The van der Waals surface area contributed by atoms with Gasteiger partial charge in [-0.15, -0.1) is 0 Å². The molecule has 0 unspecified atom stereocenters. The van der Waals surface area contributed by atoms with Gasteiger partial charge >= 0.3 is 0 Å². The van der Waals surface area contributed by atoms with Crippen molar-refractivity contribution in [3.63, 3.8) is 0 Å². The van der Waals surface area contributed by atoms with E-state index >= 15 is 0 Å². The van der Waals surface area contributed by atoms with Crippen molar-refractivity contribution in [1.82, 2.24) is 0 Å². The van der Waals surface area contributed by atoms with Gasteiger partial charge in [0.1, 0.15) is 0 Å². The second-order valence-corrected chi connectivity index (χ2v) is 3.58. The topological polar surface area (TPSA) is 20.2 Å². The zero-order valence-electron chi connectivity index (χ0n) is 8.25. The second-order valence-electron chi connectivity index (χ2n) is 3.58. The van der Waals surface area contributed by atoms with Crippen LogP contribution in [-0.2, 0) is 6.42 Å². The van der Waals surface area contributed by atoms with E-state index in [4.69, 9.17) is 5.11 Å². The first-order valence-corrected chi connectivity index (χ1v) is 4.53. The van der Waals surface area contributed by atoms with Crippen LogP contribution >= 0.6 is 0 Å². The predicted octanol–water partition coefficient (Wildman–Crippen LogP) is 3.25. The molecule has 0 saturated carbocycles. The van der Waals surface area contributed by atoms with Gasteiger partial charge in [0.05, 0.1) is 5.76 Å². The normalized spacial score (nSPS) is 12.5. The Kier molecular flexibility index (Phi) is 3.13. The quantitative estimate of drug-likeness (QED) is 0.701. The molecule has 0 spiro atoms. The number of hydrogen-bond donors (Lipinski definition) is 1. The molecule has 0 fully saturated rings. The van der Waals surface area contributed by atoms with Crippen molar-refractivity contribution in [1.29, 1.82) is 0 Å². The average molecular weight is 176 g/mol. The van der Waals surface area contributed by atoms with Gasteiger partial charge in [-0.05, 0) is 18.9 Å². The molecule has 1 N–H and O–H groups in total. The lowest BCUT2D eigenvalue weighted by Gasteiger charge is -2.09. The maximum atomic E-state index is 9.14. The highest BCUT2D eigenvalue weighted by molar-refractivity contribution is 5.22. The SMILES string of the molecule is C=C(O)[C@@H](C)Cc1ccc(C)cc1. The average Bonchev–Trinajstić information content (AvgIpc) is 2.08. The van der Waals surface area contributed by atoms with Crippen LogP contribution in [0, 0.1) is 12.8 Å². The number of aryl methyl sites for hydroxylation is 1. The molecule has 1 rings (SSSR count). The van der Waals surface area contributed by atoms with Crippen molar-refractivity contribution < 1.29 is 5.11 Å². The molecule has 13 heavy (non-hydrogen) atoms. The van der Waals surface area contributed by atoms with Gasteiger partial charge in [0, 0.05) is 5.92 Å². The summed E-state index contributed by atoms with van der Waals surface area (Å²) >= 11 is 0. The molecule has 0 bridgehead atoms. The van der Waals surface area contributed by atoms with Crippen LogP contribution in [0.1, 0.15) is 18.1 Å². The van der Waals surface area contributed by atoms with E-state index in [-0.39, 0.29) is 11.7 Å². The number of aliphatic hydroxyl groups excluding tert-OH is 1. The molecule has 1 heteroatoms. The number of benzene rings is 1. The van der Waals surface area contributed by atoms with E-state index in [1.807, 2.05) is 6.92 Å². The Morgan fingerprint density at radius 3 is 2.38 bits per heavy atom. The third kappa shape index (κ3) is 2.94. The van der Waals surface area contributed by atoms with E-state index in [1.54, 1.807) is 0 Å². The Hall–Kier alpha value is -1.24. The summed E-state index contributed by atoms with van der Waals surface area (Å²) in [6.45, 7) is 7.57. The highest BCUT2D eigenvalue weighted by Gasteiger charge is 2.05. The lowest BCUT2D eigenvalue weighted by atomic mass is 9.99. The van der Waals surface area contributed by atoms with Crippen LogP contribution in [0.4, 0.5) is 0 Å². The Labute approximate surface area is 79.7 Å². The van der Waals surface area contributed by atoms with E-state index in [0.717, 1.165) is 6.42 Å². The summed E-state index contributed by atoms with van der Waals surface area (Å²) < 4.78 is 0. The zero-order valence-corrected chi connectivity index (χ0v) is 8.25. The number of hydrogen-bond acceptors (Lipinski definition) is 1. The molecule has 0 aliphatic rings. The smallest absolute Gasteiger partial charge is 0.0882 e. The third-order valence-corrected chi connectivity index (χ3v) is 2.23. The van der Waals surface area contributed by atoms with Crippen LogP contribution in [0.5, 0.6) is 0 Å². The molecular formula is C12H16O. The van der Waals surface area contributed by atoms with Crippen molar-refractivity contribution in [2.75, 3.05) is 0 Å². The van der Waals surface area contributed by atoms with E-state index in [1.165, 1.54) is 11.1 Å². The van der Waals surface area contributed by atoms with Crippen molar-refractivity contribution in [2.45, 2.75) is 20.3 Å². The monoisotopic (exact) mass is 176 g/mol. The molecule has 0 radical (unpaired) electrons. The first kappa shape index (κ1) is 9.85. The van der Waals surface area contributed by atoms with E-state index < -0.39 is 0 Å². The van der Waals surface area contributed by atoms with Gasteiger partial charge in [0.2, 0.25) is 0 Å². The van der Waals surface area contributed by atoms with Crippen molar-refractivity contribution in [3.8, 4) is 0 Å². The fourth-order valence-corrected chi connectivity index (χ4v) is 1.20. The van der Waals surface area contributed by atoms with Crippen molar-refractivity contribution in [2.24, 2.45) is 5.92 Å². The zero-order chi connectivity index (χ0) is 9.84. The molecule has 0 aliphatic carbocycles. The Bertz CT molecular complexity index is 284. The molecule has 0 aromatic heterocycles. The van der Waals surface area contributed by atoms with Gasteiger partial charge in [-0.2, -0.15) is 0 Å². The van der Waals surface area contributed by atoms with Crippen molar-refractivity contribution >= 4 is 0 Å². The van der Waals surface area contributed by atoms with Gasteiger partial charge < -0.3 is 5.11 Å². The molecular weight excluding hydrogens is 160 g/mol. The maximum absolute atomic E-state index is 9.14. The molecule has 1 nitrogen and oxygen atoms in total. The minimum Gasteiger partial charge on any atom is -0.513 e. The van der Waals surface area contributed by atoms with Gasteiger partial charge in [0.15, 0.2) is 0 Å². The maximum Gasteiger partial charge on any atom is 0.0882 e. The fourth-order valence-electron chi connectivity index (χ4n) is 1.20. The Morgan fingerprint density at radius 1 is 1.38 bits per heavy atom. The molecule has 0 aliphatic heterocycles. The molecule has 1 atom stereocenters. The Balaban J connectivity index is 2.64. The fraction of sp³-hybridized carbons (Fsp3) is 0.333. The van der Waals surface area contributed by atoms with Crippen LogP contribution in [0.2, 0.25) is 0 Å². The summed E-state index contributed by atoms with van der Waals surface area (Å²) in [7, 11) is 0. The van der Waals surface area contributed by atoms with Gasteiger partial charge in [-0.25, -0.2) is 0 Å². The van der Waals surface area contributed by atoms with Crippen LogP contribution in [0.15, 0.2) is 36.6 Å². The molecule has 0 amide bonds. The summed E-state index contributed by atoms with van der Waals surface area (Å²) in [5, 5.41) is 9.14. The third-order valence-electron chi connectivity index (χ3n) is 2.23. The molecule has 1 aromatic rings. The second kappa shape index (κ2) is 4.13. The Morgan fingerprint density at radius 2 is 1.92 bits per heavy atom. The predicted molar refractivity (Wildman–Crippen MR) is 55.8 cm³/mol. The molecule has 1 aromatic carbocycles. The molecule has 0 saturated heterocycles. The number of rotatable bonds is 3. The molecule has 70 valence electrons. The minimum absolute atomic E-state index is 0.141. The van der Waals surface area contributed by atoms with Gasteiger partial charge in [-0.3, -0.25) is 0 Å². The summed E-state index contributed by atoms with van der Waals surface area (Å²) in [6.07, 6.45) is 0.857. The summed E-state index contributed by atoms with van der Waals surface area (Å²) in [5.74, 6) is 0.406. The largest absolute Gasteiger partial charge is 0.513 e. The van der Waals surface area contributed by atoms with Crippen LogP contribution in [0.25, 0.3) is 0 Å². The van der Waals surface area contributed by atoms with Gasteiger partial charge in [0.25, 0.3) is 0 Å². The first-order chi connectivity index (χ1) is 6.09. The van der Waals surface area contributed by atoms with Crippen LogP contribution in [0.3, 0.4) is 0 Å². The van der Waals surface area contributed by atoms with E-state index in [0.29, 0.717) is 0 Å². The van der Waals surface area contributed by atoms with Gasteiger partial charge in [-0.1, -0.05) is 43.3 Å². The van der Waals surface area contributed by atoms with E-state index in [9.17, 15) is 0 Å². The lowest BCUT2D eigenvalue weighted by Crippen LogP contribution is -2.01. The summed E-state index contributed by atoms with van der Waals surface area (Å²) in [4.78, 5) is 0. The minimum atomic E-state index is 0.141. The summed E-state index contributed by atoms with van der Waals surface area (Å²) in [6, 6.07) is 8.36. The first-order valence-electron chi connectivity index (χ1n) is 4.53.